The van der Waals surface area contributed by atoms with Crippen molar-refractivity contribution < 1.29 is 32.3 Å². The van der Waals surface area contributed by atoms with E-state index >= 15 is 0 Å². The highest BCUT2D eigenvalue weighted by Crippen LogP contribution is 2.20. The quantitative estimate of drug-likeness (QED) is 0.221. The predicted octanol–water partition coefficient (Wildman–Crippen LogP) is 1.84. The second-order valence-electron chi connectivity index (χ2n) is 5.03. The van der Waals surface area contributed by atoms with E-state index in [1.54, 1.807) is 33.5 Å². The molecule has 0 aromatic heterocycles. The molecule has 0 aromatic carbocycles. The summed E-state index contributed by atoms with van der Waals surface area (Å²) in [7, 11) is 1.92. The molecular formula is C16H32O7Si. The van der Waals surface area contributed by atoms with Gasteiger partial charge in [-0.2, -0.15) is 0 Å². The molecule has 8 heteroatoms. The fourth-order valence-corrected chi connectivity index (χ4v) is 4.41. The van der Waals surface area contributed by atoms with Gasteiger partial charge in [-0.15, -0.1) is 0 Å². The molecule has 0 spiro atoms. The molecule has 0 aliphatic heterocycles. The molecule has 142 valence electrons. The van der Waals surface area contributed by atoms with Crippen LogP contribution in [0, 0.1) is 0 Å². The average Bonchev–Trinajstić information content (AvgIpc) is 2.56. The largest absolute Gasteiger partial charge is 0.501 e. The molecule has 0 bridgehead atoms. The molecular weight excluding hydrogens is 332 g/mol. The van der Waals surface area contributed by atoms with Gasteiger partial charge in [0.15, 0.2) is 5.78 Å². The van der Waals surface area contributed by atoms with Gasteiger partial charge >= 0.3 is 8.80 Å². The number of hydrogen-bond acceptors (Lipinski definition) is 7. The molecule has 0 aliphatic carbocycles. The lowest BCUT2D eigenvalue weighted by Crippen LogP contribution is -2.48. The van der Waals surface area contributed by atoms with Gasteiger partial charge in [0, 0.05) is 33.8 Å². The van der Waals surface area contributed by atoms with Gasteiger partial charge in [-0.25, -0.2) is 0 Å². The molecule has 0 fully saturated rings. The van der Waals surface area contributed by atoms with Crippen LogP contribution in [0.5, 0.6) is 0 Å². The zero-order valence-electron chi connectivity index (χ0n) is 15.4. The zero-order valence-corrected chi connectivity index (χ0v) is 16.4. The fraction of sp³-hybridized carbons (Fsp3) is 0.812. The summed E-state index contributed by atoms with van der Waals surface area (Å²) in [5.74, 6) is 0.0890. The molecule has 0 aromatic rings. The smallest absolute Gasteiger partial charge is 0.382 e. The molecule has 7 nitrogen and oxygen atoms in total. The third kappa shape index (κ3) is 11.9. The zero-order chi connectivity index (χ0) is 18.1. The highest BCUT2D eigenvalue weighted by molar-refractivity contribution is 6.60. The van der Waals surface area contributed by atoms with E-state index in [1.807, 2.05) is 6.92 Å². The highest BCUT2D eigenvalue weighted by atomic mass is 28.4. The van der Waals surface area contributed by atoms with Crippen molar-refractivity contribution in [1.82, 2.24) is 0 Å². The third-order valence-corrected chi connectivity index (χ3v) is 5.98. The van der Waals surface area contributed by atoms with E-state index in [2.05, 4.69) is 0 Å². The molecule has 0 unspecified atom stereocenters. The molecule has 0 N–H and O–H groups in total. The Bertz CT molecular complexity index is 310. The van der Waals surface area contributed by atoms with Crippen molar-refractivity contribution in [3.05, 3.63) is 12.2 Å². The van der Waals surface area contributed by atoms with Gasteiger partial charge < -0.3 is 27.5 Å². The first-order valence-corrected chi connectivity index (χ1v) is 10.1. The maximum absolute atomic E-state index is 11.7. The Labute approximate surface area is 146 Å². The minimum atomic E-state index is -2.91. The number of ketones is 1. The molecule has 0 amide bonds. The van der Waals surface area contributed by atoms with Crippen LogP contribution in [0.1, 0.15) is 19.8 Å². The third-order valence-electron chi connectivity index (χ3n) is 3.09. The van der Waals surface area contributed by atoms with Crippen LogP contribution < -0.4 is 0 Å². The number of allylic oxidation sites excluding steroid dienone is 2. The Balaban J connectivity index is 4.73. The van der Waals surface area contributed by atoms with Crippen molar-refractivity contribution in [2.45, 2.75) is 25.8 Å². The van der Waals surface area contributed by atoms with Crippen LogP contribution in [0.15, 0.2) is 12.2 Å². The van der Waals surface area contributed by atoms with E-state index in [4.69, 9.17) is 27.5 Å². The van der Waals surface area contributed by atoms with E-state index in [9.17, 15) is 4.79 Å². The number of hydrogen-bond donors (Lipinski definition) is 0. The van der Waals surface area contributed by atoms with Crippen molar-refractivity contribution in [3.8, 4) is 0 Å². The van der Waals surface area contributed by atoms with Crippen molar-refractivity contribution in [2.75, 3.05) is 61.0 Å². The lowest BCUT2D eigenvalue weighted by Gasteiger charge is -2.29. The van der Waals surface area contributed by atoms with Crippen LogP contribution in [-0.4, -0.2) is 75.6 Å². The fourth-order valence-electron chi connectivity index (χ4n) is 1.93. The Morgan fingerprint density at radius 3 is 1.67 bits per heavy atom. The lowest BCUT2D eigenvalue weighted by molar-refractivity contribution is -0.114. The van der Waals surface area contributed by atoms with Crippen molar-refractivity contribution in [3.63, 3.8) is 0 Å². The summed E-state index contributed by atoms with van der Waals surface area (Å²) in [4.78, 5) is 11.7. The SMILES string of the molecule is CC=CC(=O)CCC[Si](OCCOC)(OCCOC)OCCOC. The summed E-state index contributed by atoms with van der Waals surface area (Å²) in [6.45, 7) is 4.32. The number of carbonyl (C=O) groups is 1. The minimum absolute atomic E-state index is 0.0890. The molecule has 0 aliphatic rings. The topological polar surface area (TPSA) is 72.5 Å². The normalized spacial score (nSPS) is 12.2. The average molecular weight is 365 g/mol. The summed E-state index contributed by atoms with van der Waals surface area (Å²) in [5, 5.41) is 0. The van der Waals surface area contributed by atoms with E-state index in [0.29, 0.717) is 58.5 Å². The Kier molecular flexibility index (Phi) is 15.5. The van der Waals surface area contributed by atoms with Crippen LogP contribution in [0.25, 0.3) is 0 Å². The molecule has 0 radical (unpaired) electrons. The standard InChI is InChI=1S/C16H32O7Si/c1-5-7-16(17)8-6-15-24(21-12-9-18-2,22-13-10-19-3)23-14-11-20-4/h5,7H,6,8-15H2,1-4H3. The van der Waals surface area contributed by atoms with Gasteiger partial charge in [0.1, 0.15) is 0 Å². The maximum Gasteiger partial charge on any atom is 0.501 e. The van der Waals surface area contributed by atoms with E-state index < -0.39 is 8.80 Å². The first-order valence-electron chi connectivity index (χ1n) is 8.18. The van der Waals surface area contributed by atoms with Gasteiger partial charge in [0.25, 0.3) is 0 Å². The van der Waals surface area contributed by atoms with Gasteiger partial charge in [0.05, 0.1) is 39.6 Å². The summed E-state index contributed by atoms with van der Waals surface area (Å²) in [6, 6.07) is 0.563. The summed E-state index contributed by atoms with van der Waals surface area (Å²) in [6.07, 6.45) is 4.40. The lowest BCUT2D eigenvalue weighted by atomic mass is 10.2. The first-order chi connectivity index (χ1) is 11.6. The van der Waals surface area contributed by atoms with Gasteiger partial charge in [-0.1, -0.05) is 6.08 Å². The molecule has 0 heterocycles. The minimum Gasteiger partial charge on any atom is -0.382 e. The van der Waals surface area contributed by atoms with Crippen LogP contribution in [-0.2, 0) is 32.3 Å². The Morgan fingerprint density at radius 1 is 0.833 bits per heavy atom. The van der Waals surface area contributed by atoms with Gasteiger partial charge in [-0.05, 0) is 19.4 Å². The predicted molar refractivity (Wildman–Crippen MR) is 93.1 cm³/mol. The second kappa shape index (κ2) is 15.9. The number of methoxy groups -OCH3 is 3. The molecule has 24 heavy (non-hydrogen) atoms. The number of carbonyl (C=O) groups excluding carboxylic acids is 1. The Morgan fingerprint density at radius 2 is 1.29 bits per heavy atom. The summed E-state index contributed by atoms with van der Waals surface area (Å²) < 4.78 is 32.9. The van der Waals surface area contributed by atoms with Crippen LogP contribution in [0.2, 0.25) is 6.04 Å². The maximum atomic E-state index is 11.7. The first kappa shape index (κ1) is 23.4. The van der Waals surface area contributed by atoms with E-state index in [-0.39, 0.29) is 5.78 Å². The summed E-state index contributed by atoms with van der Waals surface area (Å²) in [5.41, 5.74) is 0. The summed E-state index contributed by atoms with van der Waals surface area (Å²) >= 11 is 0. The number of rotatable bonds is 17. The van der Waals surface area contributed by atoms with Crippen LogP contribution in [0.3, 0.4) is 0 Å². The van der Waals surface area contributed by atoms with Gasteiger partial charge in [0.2, 0.25) is 0 Å². The number of ether oxygens (including phenoxy) is 3. The highest BCUT2D eigenvalue weighted by Gasteiger charge is 2.40. The van der Waals surface area contributed by atoms with Crippen LogP contribution >= 0.6 is 0 Å². The molecule has 0 rings (SSSR count). The monoisotopic (exact) mass is 364 g/mol. The van der Waals surface area contributed by atoms with Crippen molar-refractivity contribution in [1.29, 1.82) is 0 Å². The molecule has 0 atom stereocenters. The van der Waals surface area contributed by atoms with Gasteiger partial charge in [-0.3, -0.25) is 4.79 Å². The molecule has 0 saturated carbocycles. The second-order valence-corrected chi connectivity index (χ2v) is 7.76. The van der Waals surface area contributed by atoms with Crippen molar-refractivity contribution >= 4 is 14.6 Å². The Hall–Kier alpha value is -0.613. The molecule has 0 saturated heterocycles. The van der Waals surface area contributed by atoms with Crippen molar-refractivity contribution in [2.24, 2.45) is 0 Å². The van der Waals surface area contributed by atoms with E-state index in [1.165, 1.54) is 0 Å². The van der Waals surface area contributed by atoms with E-state index in [0.717, 1.165) is 0 Å². The van der Waals surface area contributed by atoms with Crippen LogP contribution in [0.4, 0.5) is 0 Å².